The summed E-state index contributed by atoms with van der Waals surface area (Å²) in [4.78, 5) is 14.9. The average Bonchev–Trinajstić information content (AvgIpc) is 2.21. The number of methoxy groups -OCH3 is 1. The molecule has 1 heterocycles. The number of hydrogen-bond donors (Lipinski definition) is 1. The Labute approximate surface area is 80.9 Å². The highest BCUT2D eigenvalue weighted by Crippen LogP contribution is 2.16. The van der Waals surface area contributed by atoms with Crippen LogP contribution in [0.4, 0.5) is 4.39 Å². The van der Waals surface area contributed by atoms with Gasteiger partial charge in [0.25, 0.3) is 0 Å². The van der Waals surface area contributed by atoms with Crippen molar-refractivity contribution in [3.63, 3.8) is 0 Å². The molecule has 1 atom stereocenters. The van der Waals surface area contributed by atoms with Gasteiger partial charge in [-0.05, 0) is 12.1 Å². The number of rotatable bonds is 3. The first-order chi connectivity index (χ1) is 6.70. The van der Waals surface area contributed by atoms with Crippen molar-refractivity contribution in [1.29, 1.82) is 0 Å². The Bertz CT molecular complexity index is 330. The number of pyridine rings is 1. The van der Waals surface area contributed by atoms with Gasteiger partial charge in [0.2, 0.25) is 0 Å². The zero-order valence-electron chi connectivity index (χ0n) is 7.74. The molecule has 0 saturated heterocycles. The van der Waals surface area contributed by atoms with Gasteiger partial charge < -0.3 is 10.5 Å². The summed E-state index contributed by atoms with van der Waals surface area (Å²) in [7, 11) is 1.23. The maximum atomic E-state index is 13.2. The van der Waals surface area contributed by atoms with Crippen LogP contribution in [-0.4, -0.2) is 24.6 Å². The summed E-state index contributed by atoms with van der Waals surface area (Å²) in [5, 5.41) is 0. The van der Waals surface area contributed by atoms with Gasteiger partial charge >= 0.3 is 5.97 Å². The van der Waals surface area contributed by atoms with Crippen LogP contribution in [0.1, 0.15) is 11.6 Å². The zero-order chi connectivity index (χ0) is 10.6. The summed E-state index contributed by atoms with van der Waals surface area (Å²) in [5.74, 6) is -1.96. The lowest BCUT2D eigenvalue weighted by Gasteiger charge is -2.11. The molecule has 0 radical (unpaired) electrons. The largest absolute Gasteiger partial charge is 0.468 e. The minimum Gasteiger partial charge on any atom is -0.468 e. The smallest absolute Gasteiger partial charge is 0.316 e. The maximum absolute atomic E-state index is 13.2. The number of carbonyl (C=O) groups is 1. The molecule has 0 fully saturated rings. The van der Waals surface area contributed by atoms with Crippen LogP contribution < -0.4 is 5.73 Å². The van der Waals surface area contributed by atoms with E-state index in [0.29, 0.717) is 0 Å². The molecule has 0 amide bonds. The fourth-order valence-corrected chi connectivity index (χ4v) is 1.12. The first kappa shape index (κ1) is 10.6. The third-order valence-electron chi connectivity index (χ3n) is 1.84. The molecule has 1 rings (SSSR count). The van der Waals surface area contributed by atoms with Gasteiger partial charge in [-0.2, -0.15) is 0 Å². The quantitative estimate of drug-likeness (QED) is 0.715. The number of nitrogens with zero attached hydrogens (tertiary/aromatic N) is 1. The van der Waals surface area contributed by atoms with Crippen molar-refractivity contribution in [2.75, 3.05) is 13.7 Å². The maximum Gasteiger partial charge on any atom is 0.316 e. The van der Waals surface area contributed by atoms with Crippen molar-refractivity contribution in [1.82, 2.24) is 4.98 Å². The molecule has 1 aromatic heterocycles. The van der Waals surface area contributed by atoms with Crippen LogP contribution in [0.15, 0.2) is 18.3 Å². The van der Waals surface area contributed by atoms with Crippen molar-refractivity contribution in [2.24, 2.45) is 5.73 Å². The predicted molar refractivity (Wildman–Crippen MR) is 48.0 cm³/mol. The van der Waals surface area contributed by atoms with E-state index < -0.39 is 17.7 Å². The lowest BCUT2D eigenvalue weighted by molar-refractivity contribution is -0.142. The number of esters is 1. The number of ether oxygens (including phenoxy) is 1. The van der Waals surface area contributed by atoms with Crippen LogP contribution in [0.3, 0.4) is 0 Å². The number of nitrogens with two attached hydrogens (primary N) is 1. The number of carbonyl (C=O) groups excluding carboxylic acids is 1. The zero-order valence-corrected chi connectivity index (χ0v) is 7.74. The molecule has 0 aliphatic heterocycles. The Kier molecular flexibility index (Phi) is 3.53. The van der Waals surface area contributed by atoms with Crippen LogP contribution in [0.25, 0.3) is 0 Å². The van der Waals surface area contributed by atoms with E-state index in [4.69, 9.17) is 5.73 Å². The van der Waals surface area contributed by atoms with E-state index in [0.717, 1.165) is 0 Å². The highest BCUT2D eigenvalue weighted by atomic mass is 19.1. The van der Waals surface area contributed by atoms with Gasteiger partial charge in [0.15, 0.2) is 0 Å². The summed E-state index contributed by atoms with van der Waals surface area (Å²) < 4.78 is 17.7. The topological polar surface area (TPSA) is 65.2 Å². The minimum absolute atomic E-state index is 0.0272. The van der Waals surface area contributed by atoms with Crippen molar-refractivity contribution >= 4 is 5.97 Å². The van der Waals surface area contributed by atoms with E-state index in [2.05, 4.69) is 9.72 Å². The fourth-order valence-electron chi connectivity index (χ4n) is 1.12. The van der Waals surface area contributed by atoms with Gasteiger partial charge in [-0.25, -0.2) is 4.39 Å². The lowest BCUT2D eigenvalue weighted by atomic mass is 10.1. The molecule has 0 spiro atoms. The molecule has 4 nitrogen and oxygen atoms in total. The molecule has 2 N–H and O–H groups in total. The second kappa shape index (κ2) is 4.66. The van der Waals surface area contributed by atoms with E-state index in [9.17, 15) is 9.18 Å². The van der Waals surface area contributed by atoms with E-state index in [-0.39, 0.29) is 12.2 Å². The normalized spacial score (nSPS) is 12.2. The van der Waals surface area contributed by atoms with Crippen molar-refractivity contribution in [3.8, 4) is 0 Å². The molecule has 14 heavy (non-hydrogen) atoms. The van der Waals surface area contributed by atoms with E-state index in [1.807, 2.05) is 0 Å². The third kappa shape index (κ3) is 2.05. The number of halogens is 1. The molecular formula is C9H11FN2O2. The van der Waals surface area contributed by atoms with Crippen LogP contribution in [-0.2, 0) is 9.53 Å². The highest BCUT2D eigenvalue weighted by Gasteiger charge is 2.23. The molecule has 0 aliphatic rings. The van der Waals surface area contributed by atoms with Crippen molar-refractivity contribution in [2.45, 2.75) is 5.92 Å². The summed E-state index contributed by atoms with van der Waals surface area (Å²) in [6.07, 6.45) is 1.41. The second-order valence-electron chi connectivity index (χ2n) is 2.68. The van der Waals surface area contributed by atoms with Gasteiger partial charge in [0.05, 0.1) is 12.8 Å². The van der Waals surface area contributed by atoms with Gasteiger partial charge in [-0.15, -0.1) is 0 Å². The monoisotopic (exact) mass is 198 g/mol. The van der Waals surface area contributed by atoms with Crippen LogP contribution in [0, 0.1) is 5.82 Å². The SMILES string of the molecule is COC(=O)C(CN)c1ncccc1F. The van der Waals surface area contributed by atoms with Crippen LogP contribution >= 0.6 is 0 Å². The third-order valence-corrected chi connectivity index (χ3v) is 1.84. The van der Waals surface area contributed by atoms with Crippen LogP contribution in [0.2, 0.25) is 0 Å². The van der Waals surface area contributed by atoms with Gasteiger partial charge in [-0.1, -0.05) is 0 Å². The summed E-state index contributed by atoms with van der Waals surface area (Å²) in [6, 6.07) is 2.68. The Morgan fingerprint density at radius 1 is 1.79 bits per heavy atom. The van der Waals surface area contributed by atoms with Crippen molar-refractivity contribution < 1.29 is 13.9 Å². The van der Waals surface area contributed by atoms with Gasteiger partial charge in [0.1, 0.15) is 11.7 Å². The van der Waals surface area contributed by atoms with E-state index in [1.165, 1.54) is 25.4 Å². The van der Waals surface area contributed by atoms with Crippen molar-refractivity contribution in [3.05, 3.63) is 29.8 Å². The molecule has 1 aromatic rings. The molecule has 5 heteroatoms. The molecule has 0 aliphatic carbocycles. The molecule has 0 saturated carbocycles. The predicted octanol–water partition coefficient (Wildman–Crippen LogP) is 0.436. The number of aromatic nitrogens is 1. The first-order valence-corrected chi connectivity index (χ1v) is 4.09. The minimum atomic E-state index is -0.832. The standard InChI is InChI=1S/C9H11FN2O2/c1-14-9(13)6(5-11)8-7(10)3-2-4-12-8/h2-4,6H,5,11H2,1H3. The summed E-state index contributed by atoms with van der Waals surface area (Å²) in [6.45, 7) is -0.0272. The highest BCUT2D eigenvalue weighted by molar-refractivity contribution is 5.77. The Balaban J connectivity index is 3.01. The second-order valence-corrected chi connectivity index (χ2v) is 2.68. The molecule has 76 valence electrons. The fraction of sp³-hybridized carbons (Fsp3) is 0.333. The average molecular weight is 198 g/mol. The Hall–Kier alpha value is -1.49. The summed E-state index contributed by atoms with van der Waals surface area (Å²) in [5.41, 5.74) is 5.37. The summed E-state index contributed by atoms with van der Waals surface area (Å²) >= 11 is 0. The van der Waals surface area contributed by atoms with Gasteiger partial charge in [-0.3, -0.25) is 9.78 Å². The molecule has 0 aromatic carbocycles. The Morgan fingerprint density at radius 3 is 3.00 bits per heavy atom. The van der Waals surface area contributed by atoms with Crippen LogP contribution in [0.5, 0.6) is 0 Å². The van der Waals surface area contributed by atoms with E-state index in [1.54, 1.807) is 0 Å². The number of hydrogen-bond acceptors (Lipinski definition) is 4. The Morgan fingerprint density at radius 2 is 2.50 bits per heavy atom. The molecule has 1 unspecified atom stereocenters. The lowest BCUT2D eigenvalue weighted by Crippen LogP contribution is -2.24. The first-order valence-electron chi connectivity index (χ1n) is 4.09. The molecular weight excluding hydrogens is 187 g/mol. The molecule has 0 bridgehead atoms. The van der Waals surface area contributed by atoms with E-state index >= 15 is 0 Å². The van der Waals surface area contributed by atoms with Gasteiger partial charge in [0, 0.05) is 12.7 Å².